The van der Waals surface area contributed by atoms with Gasteiger partial charge in [-0.3, -0.25) is 9.59 Å². The Hall–Kier alpha value is -2.02. The molecule has 5 nitrogen and oxygen atoms in total. The molecule has 0 unspecified atom stereocenters. The highest BCUT2D eigenvalue weighted by Crippen LogP contribution is 2.25. The van der Waals surface area contributed by atoms with Crippen LogP contribution >= 0.6 is 0 Å². The van der Waals surface area contributed by atoms with Gasteiger partial charge in [-0.15, -0.1) is 0 Å². The number of halogens is 1. The number of anilines is 1. The monoisotopic (exact) mass is 269 g/mol. The molecular formula is C11H8FNO4S. The maximum absolute atomic E-state index is 13.6. The third-order valence-electron chi connectivity index (χ3n) is 2.40. The fraction of sp³-hybridized carbons (Fsp3) is 0.0909. The van der Waals surface area contributed by atoms with Crippen molar-refractivity contribution in [2.75, 3.05) is 11.2 Å². The second kappa shape index (κ2) is 4.02. The number of amides is 2. The Balaban J connectivity index is 2.58. The molecule has 7 heteroatoms. The number of hydrogen-bond donors (Lipinski definition) is 0. The summed E-state index contributed by atoms with van der Waals surface area (Å²) >= 11 is 0. The standard InChI is InChI=1S/C11H8FNO4S/c1-18(16,17)7-2-3-8(12)9(6-7)13-10(14)4-5-11(13)15/h2-6H,1H3. The minimum Gasteiger partial charge on any atom is -0.269 e. The van der Waals surface area contributed by atoms with Gasteiger partial charge in [0, 0.05) is 18.4 Å². The highest BCUT2D eigenvalue weighted by atomic mass is 32.2. The van der Waals surface area contributed by atoms with E-state index in [1.54, 1.807) is 0 Å². The van der Waals surface area contributed by atoms with Crippen molar-refractivity contribution in [1.82, 2.24) is 0 Å². The van der Waals surface area contributed by atoms with E-state index in [9.17, 15) is 22.4 Å². The van der Waals surface area contributed by atoms with Gasteiger partial charge in [-0.05, 0) is 18.2 Å². The van der Waals surface area contributed by atoms with Crippen molar-refractivity contribution in [1.29, 1.82) is 0 Å². The SMILES string of the molecule is CS(=O)(=O)c1ccc(F)c(N2C(=O)C=CC2=O)c1. The van der Waals surface area contributed by atoms with Crippen LogP contribution in [-0.2, 0) is 19.4 Å². The first-order valence-corrected chi connectivity index (χ1v) is 6.75. The predicted molar refractivity (Wildman–Crippen MR) is 61.1 cm³/mol. The quantitative estimate of drug-likeness (QED) is 0.584. The highest BCUT2D eigenvalue weighted by molar-refractivity contribution is 7.90. The van der Waals surface area contributed by atoms with Crippen LogP contribution in [-0.4, -0.2) is 26.5 Å². The lowest BCUT2D eigenvalue weighted by atomic mass is 10.3. The lowest BCUT2D eigenvalue weighted by Crippen LogP contribution is -2.30. The molecule has 1 aromatic rings. The van der Waals surface area contributed by atoms with Crippen molar-refractivity contribution in [2.45, 2.75) is 4.90 Å². The van der Waals surface area contributed by atoms with Crippen molar-refractivity contribution in [3.05, 3.63) is 36.2 Å². The van der Waals surface area contributed by atoms with Gasteiger partial charge in [-0.1, -0.05) is 0 Å². The van der Waals surface area contributed by atoms with Crippen LogP contribution in [0.5, 0.6) is 0 Å². The first-order valence-electron chi connectivity index (χ1n) is 4.86. The molecule has 0 bridgehead atoms. The number of rotatable bonds is 2. The average Bonchev–Trinajstić information content (AvgIpc) is 2.58. The first-order chi connectivity index (χ1) is 8.30. The number of carbonyl (C=O) groups is 2. The number of hydrogen-bond acceptors (Lipinski definition) is 4. The van der Waals surface area contributed by atoms with E-state index in [2.05, 4.69) is 0 Å². The Kier molecular flexibility index (Phi) is 2.78. The zero-order chi connectivity index (χ0) is 13.5. The molecule has 18 heavy (non-hydrogen) atoms. The molecular weight excluding hydrogens is 261 g/mol. The molecule has 0 saturated carbocycles. The molecule has 1 heterocycles. The lowest BCUT2D eigenvalue weighted by Gasteiger charge is -2.15. The van der Waals surface area contributed by atoms with Gasteiger partial charge in [0.25, 0.3) is 11.8 Å². The number of imide groups is 1. The van der Waals surface area contributed by atoms with Crippen LogP contribution in [0.3, 0.4) is 0 Å². The number of benzene rings is 1. The summed E-state index contributed by atoms with van der Waals surface area (Å²) in [7, 11) is -3.54. The molecule has 0 spiro atoms. The minimum absolute atomic E-state index is 0.161. The van der Waals surface area contributed by atoms with Crippen molar-refractivity contribution >= 4 is 27.3 Å². The summed E-state index contributed by atoms with van der Waals surface area (Å²) in [6.07, 6.45) is 2.94. The largest absolute Gasteiger partial charge is 0.269 e. The van der Waals surface area contributed by atoms with Gasteiger partial charge in [0.15, 0.2) is 9.84 Å². The van der Waals surface area contributed by atoms with Gasteiger partial charge in [-0.2, -0.15) is 0 Å². The van der Waals surface area contributed by atoms with Crippen molar-refractivity contribution in [3.8, 4) is 0 Å². The molecule has 0 atom stereocenters. The summed E-state index contributed by atoms with van der Waals surface area (Å²) in [5.41, 5.74) is -0.363. The molecule has 0 aromatic heterocycles. The fourth-order valence-corrected chi connectivity index (χ4v) is 2.17. The zero-order valence-electron chi connectivity index (χ0n) is 9.25. The molecule has 2 rings (SSSR count). The van der Waals surface area contributed by atoms with Gasteiger partial charge in [0.2, 0.25) is 0 Å². The van der Waals surface area contributed by atoms with Crippen LogP contribution in [0.25, 0.3) is 0 Å². The van der Waals surface area contributed by atoms with E-state index in [4.69, 9.17) is 0 Å². The predicted octanol–water partition coefficient (Wildman–Crippen LogP) is 0.659. The molecule has 1 aromatic carbocycles. The van der Waals surface area contributed by atoms with Gasteiger partial charge >= 0.3 is 0 Å². The first kappa shape index (κ1) is 12.4. The third-order valence-corrected chi connectivity index (χ3v) is 3.51. The van der Waals surface area contributed by atoms with E-state index < -0.39 is 27.5 Å². The van der Waals surface area contributed by atoms with Crippen LogP contribution in [0.1, 0.15) is 0 Å². The topological polar surface area (TPSA) is 71.5 Å². The van der Waals surface area contributed by atoms with Gasteiger partial charge < -0.3 is 0 Å². The van der Waals surface area contributed by atoms with Crippen LogP contribution in [0.4, 0.5) is 10.1 Å². The van der Waals surface area contributed by atoms with E-state index in [-0.39, 0.29) is 10.6 Å². The summed E-state index contributed by atoms with van der Waals surface area (Å²) in [6.45, 7) is 0. The maximum atomic E-state index is 13.6. The molecule has 2 amide bonds. The smallest absolute Gasteiger partial charge is 0.258 e. The summed E-state index contributed by atoms with van der Waals surface area (Å²) in [4.78, 5) is 23.2. The maximum Gasteiger partial charge on any atom is 0.258 e. The van der Waals surface area contributed by atoms with Gasteiger partial charge in [-0.25, -0.2) is 17.7 Å². The van der Waals surface area contributed by atoms with E-state index >= 15 is 0 Å². The molecule has 0 N–H and O–H groups in total. The highest BCUT2D eigenvalue weighted by Gasteiger charge is 2.28. The van der Waals surface area contributed by atoms with E-state index in [0.29, 0.717) is 4.90 Å². The Bertz CT molecular complexity index is 660. The van der Waals surface area contributed by atoms with Crippen LogP contribution in [0.15, 0.2) is 35.2 Å². The number of sulfone groups is 1. The van der Waals surface area contributed by atoms with E-state index in [0.717, 1.165) is 36.6 Å². The summed E-state index contributed by atoms with van der Waals surface area (Å²) < 4.78 is 36.3. The second-order valence-electron chi connectivity index (χ2n) is 3.73. The summed E-state index contributed by atoms with van der Waals surface area (Å²) in [5, 5.41) is 0. The van der Waals surface area contributed by atoms with Gasteiger partial charge in [0.1, 0.15) is 5.82 Å². The van der Waals surface area contributed by atoms with Crippen LogP contribution < -0.4 is 4.90 Å². The molecule has 0 saturated heterocycles. The Labute approximate surface area is 102 Å². The van der Waals surface area contributed by atoms with E-state index in [1.165, 1.54) is 0 Å². The molecule has 0 aliphatic carbocycles. The second-order valence-corrected chi connectivity index (χ2v) is 5.75. The Morgan fingerprint density at radius 1 is 1.11 bits per heavy atom. The third kappa shape index (κ3) is 2.04. The average molecular weight is 269 g/mol. The molecule has 0 radical (unpaired) electrons. The van der Waals surface area contributed by atoms with Gasteiger partial charge in [0.05, 0.1) is 10.6 Å². The van der Waals surface area contributed by atoms with Crippen LogP contribution in [0.2, 0.25) is 0 Å². The minimum atomic E-state index is -3.54. The number of carbonyl (C=O) groups excluding carboxylic acids is 2. The molecule has 1 aliphatic heterocycles. The van der Waals surface area contributed by atoms with Crippen molar-refractivity contribution in [3.63, 3.8) is 0 Å². The van der Waals surface area contributed by atoms with Crippen molar-refractivity contribution < 1.29 is 22.4 Å². The molecule has 1 aliphatic rings. The fourth-order valence-electron chi connectivity index (χ4n) is 1.53. The van der Waals surface area contributed by atoms with E-state index in [1.807, 2.05) is 0 Å². The lowest BCUT2D eigenvalue weighted by molar-refractivity contribution is -0.120. The van der Waals surface area contributed by atoms with Crippen molar-refractivity contribution in [2.24, 2.45) is 0 Å². The summed E-state index contributed by atoms with van der Waals surface area (Å²) in [6, 6.07) is 2.95. The normalized spacial score (nSPS) is 15.6. The zero-order valence-corrected chi connectivity index (χ0v) is 10.1. The molecule has 94 valence electrons. The Morgan fingerprint density at radius 2 is 1.67 bits per heavy atom. The summed E-state index contributed by atoms with van der Waals surface area (Å²) in [5.74, 6) is -2.25. The Morgan fingerprint density at radius 3 is 2.17 bits per heavy atom. The van der Waals surface area contributed by atoms with Crippen LogP contribution in [0, 0.1) is 5.82 Å². The number of nitrogens with zero attached hydrogens (tertiary/aromatic N) is 1. The molecule has 0 fully saturated rings.